The molecule has 1 heterocycles. The summed E-state index contributed by atoms with van der Waals surface area (Å²) in [5.74, 6) is 0. The Kier molecular flexibility index (Phi) is 4.50. The highest BCUT2D eigenvalue weighted by Gasteiger charge is 2.17. The summed E-state index contributed by atoms with van der Waals surface area (Å²) >= 11 is 12.2. The molecule has 19 heavy (non-hydrogen) atoms. The van der Waals surface area contributed by atoms with Gasteiger partial charge in [-0.15, -0.1) is 0 Å². The quantitative estimate of drug-likeness (QED) is 0.935. The second-order valence-corrected chi connectivity index (χ2v) is 5.37. The molecule has 0 radical (unpaired) electrons. The molecule has 0 aliphatic rings. The Labute approximate surface area is 123 Å². The molecule has 102 valence electrons. The predicted molar refractivity (Wildman–Crippen MR) is 79.9 cm³/mol. The molecule has 1 aromatic carbocycles. The number of nitrogens with zero attached hydrogens (tertiary/aromatic N) is 2. The number of halogens is 2. The number of rotatable bonds is 4. The summed E-state index contributed by atoms with van der Waals surface area (Å²) in [6.45, 7) is 1.98. The second kappa shape index (κ2) is 5.95. The fourth-order valence-corrected chi connectivity index (χ4v) is 2.57. The number of likely N-dealkylation sites (N-methyl/N-ethyl adjacent to an activating group) is 1. The summed E-state index contributed by atoms with van der Waals surface area (Å²) in [5.41, 5.74) is 3.24. The van der Waals surface area contributed by atoms with E-state index in [9.17, 15) is 0 Å². The van der Waals surface area contributed by atoms with E-state index < -0.39 is 0 Å². The van der Waals surface area contributed by atoms with Crippen LogP contribution in [0.5, 0.6) is 0 Å². The molecule has 0 aliphatic carbocycles. The lowest BCUT2D eigenvalue weighted by Crippen LogP contribution is -2.19. The van der Waals surface area contributed by atoms with E-state index in [1.54, 1.807) is 4.68 Å². The molecule has 5 heteroatoms. The first-order valence-corrected chi connectivity index (χ1v) is 6.89. The van der Waals surface area contributed by atoms with Crippen LogP contribution in [0.3, 0.4) is 0 Å². The highest BCUT2D eigenvalue weighted by molar-refractivity contribution is 6.30. The minimum atomic E-state index is 0.192. The lowest BCUT2D eigenvalue weighted by Gasteiger charge is -2.16. The fraction of sp³-hybridized carbons (Fsp3) is 0.357. The van der Waals surface area contributed by atoms with Gasteiger partial charge in [0.15, 0.2) is 0 Å². The molecular weight excluding hydrogens is 281 g/mol. The van der Waals surface area contributed by atoms with Gasteiger partial charge >= 0.3 is 0 Å². The van der Waals surface area contributed by atoms with Crippen LogP contribution in [0.15, 0.2) is 24.3 Å². The van der Waals surface area contributed by atoms with Gasteiger partial charge in [-0.2, -0.15) is 5.10 Å². The number of aromatic nitrogens is 2. The Hall–Kier alpha value is -1.03. The molecule has 2 rings (SSSR count). The normalized spacial score (nSPS) is 12.7. The van der Waals surface area contributed by atoms with Gasteiger partial charge in [0.1, 0.15) is 5.15 Å². The van der Waals surface area contributed by atoms with Crippen LogP contribution in [-0.2, 0) is 13.5 Å². The highest BCUT2D eigenvalue weighted by Crippen LogP contribution is 2.26. The lowest BCUT2D eigenvalue weighted by atomic mass is 9.99. The molecule has 1 N–H and O–H groups in total. The zero-order chi connectivity index (χ0) is 14.0. The van der Waals surface area contributed by atoms with Crippen LogP contribution in [0, 0.1) is 6.92 Å². The molecule has 0 saturated carbocycles. The number of benzene rings is 1. The van der Waals surface area contributed by atoms with Gasteiger partial charge in [-0.3, -0.25) is 4.68 Å². The van der Waals surface area contributed by atoms with Crippen LogP contribution in [-0.4, -0.2) is 16.8 Å². The van der Waals surface area contributed by atoms with E-state index in [1.807, 2.05) is 45.3 Å². The van der Waals surface area contributed by atoms with Gasteiger partial charge in [-0.25, -0.2) is 0 Å². The van der Waals surface area contributed by atoms with Gasteiger partial charge in [0.2, 0.25) is 0 Å². The Balaban J connectivity index is 2.26. The molecule has 1 atom stereocenters. The van der Waals surface area contributed by atoms with Crippen LogP contribution in [0.25, 0.3) is 0 Å². The molecule has 2 aromatic rings. The van der Waals surface area contributed by atoms with E-state index in [1.165, 1.54) is 5.56 Å². The first-order chi connectivity index (χ1) is 9.02. The molecule has 0 fully saturated rings. The van der Waals surface area contributed by atoms with Crippen molar-refractivity contribution >= 4 is 23.2 Å². The van der Waals surface area contributed by atoms with Gasteiger partial charge < -0.3 is 5.32 Å². The molecule has 0 aliphatic heterocycles. The molecule has 0 amide bonds. The first kappa shape index (κ1) is 14.4. The van der Waals surface area contributed by atoms with Crippen molar-refractivity contribution in [2.45, 2.75) is 19.4 Å². The maximum Gasteiger partial charge on any atom is 0.130 e. The van der Waals surface area contributed by atoms with E-state index >= 15 is 0 Å². The SMILES string of the molecule is CNC(Cc1c(C)nn(C)c1Cl)c1ccc(Cl)cc1. The molecule has 0 bridgehead atoms. The minimum absolute atomic E-state index is 0.192. The zero-order valence-corrected chi connectivity index (χ0v) is 12.8. The average Bonchev–Trinajstić information content (AvgIpc) is 2.63. The Morgan fingerprint density at radius 3 is 2.37 bits per heavy atom. The molecule has 1 aromatic heterocycles. The number of nitrogens with one attached hydrogen (secondary N) is 1. The number of hydrogen-bond donors (Lipinski definition) is 1. The van der Waals surface area contributed by atoms with Gasteiger partial charge in [0, 0.05) is 23.7 Å². The third kappa shape index (κ3) is 3.11. The molecule has 0 saturated heterocycles. The van der Waals surface area contributed by atoms with Gasteiger partial charge in [0.25, 0.3) is 0 Å². The number of hydrogen-bond acceptors (Lipinski definition) is 2. The van der Waals surface area contributed by atoms with Crippen LogP contribution in [0.4, 0.5) is 0 Å². The van der Waals surface area contributed by atoms with Gasteiger partial charge in [-0.1, -0.05) is 35.3 Å². The third-order valence-electron chi connectivity index (χ3n) is 3.30. The molecule has 1 unspecified atom stereocenters. The Bertz CT molecular complexity index is 561. The maximum absolute atomic E-state index is 6.28. The zero-order valence-electron chi connectivity index (χ0n) is 11.2. The molecule has 0 spiro atoms. The fourth-order valence-electron chi connectivity index (χ4n) is 2.19. The van der Waals surface area contributed by atoms with Crippen molar-refractivity contribution in [1.82, 2.24) is 15.1 Å². The van der Waals surface area contributed by atoms with Crippen molar-refractivity contribution in [2.24, 2.45) is 7.05 Å². The second-order valence-electron chi connectivity index (χ2n) is 4.58. The van der Waals surface area contributed by atoms with E-state index in [0.29, 0.717) is 5.15 Å². The summed E-state index contributed by atoms with van der Waals surface area (Å²) in [7, 11) is 3.80. The van der Waals surface area contributed by atoms with Gasteiger partial charge in [-0.05, 0) is 38.1 Å². The van der Waals surface area contributed by atoms with Crippen molar-refractivity contribution in [2.75, 3.05) is 7.05 Å². The third-order valence-corrected chi connectivity index (χ3v) is 4.02. The van der Waals surface area contributed by atoms with Crippen LogP contribution in [0.2, 0.25) is 10.2 Å². The smallest absolute Gasteiger partial charge is 0.130 e. The van der Waals surface area contributed by atoms with E-state index in [-0.39, 0.29) is 6.04 Å². The van der Waals surface area contributed by atoms with E-state index in [2.05, 4.69) is 10.4 Å². The molecular formula is C14H17Cl2N3. The van der Waals surface area contributed by atoms with Crippen molar-refractivity contribution in [3.63, 3.8) is 0 Å². The maximum atomic E-state index is 6.28. The van der Waals surface area contributed by atoms with Crippen molar-refractivity contribution in [3.05, 3.63) is 51.3 Å². The Morgan fingerprint density at radius 1 is 1.26 bits per heavy atom. The largest absolute Gasteiger partial charge is 0.313 e. The van der Waals surface area contributed by atoms with E-state index in [4.69, 9.17) is 23.2 Å². The van der Waals surface area contributed by atoms with Crippen molar-refractivity contribution in [1.29, 1.82) is 0 Å². The Morgan fingerprint density at radius 2 is 1.89 bits per heavy atom. The van der Waals surface area contributed by atoms with Crippen molar-refractivity contribution < 1.29 is 0 Å². The highest BCUT2D eigenvalue weighted by atomic mass is 35.5. The average molecular weight is 298 g/mol. The van der Waals surface area contributed by atoms with Gasteiger partial charge in [0.05, 0.1) is 5.69 Å². The summed E-state index contributed by atoms with van der Waals surface area (Å²) in [6.07, 6.45) is 0.802. The monoisotopic (exact) mass is 297 g/mol. The molecule has 3 nitrogen and oxygen atoms in total. The van der Waals surface area contributed by atoms with E-state index in [0.717, 1.165) is 22.7 Å². The number of aryl methyl sites for hydroxylation is 2. The summed E-state index contributed by atoms with van der Waals surface area (Å²) < 4.78 is 1.71. The standard InChI is InChI=1S/C14H17Cl2N3/c1-9-12(14(16)19(3)18-9)8-13(17-2)10-4-6-11(15)7-5-10/h4-7,13,17H,8H2,1-3H3. The summed E-state index contributed by atoms with van der Waals surface area (Å²) in [6, 6.07) is 8.06. The first-order valence-electron chi connectivity index (χ1n) is 6.13. The topological polar surface area (TPSA) is 29.9 Å². The van der Waals surface area contributed by atoms with Crippen LogP contribution < -0.4 is 5.32 Å². The summed E-state index contributed by atoms with van der Waals surface area (Å²) in [4.78, 5) is 0. The van der Waals surface area contributed by atoms with Crippen LogP contribution in [0.1, 0.15) is 22.9 Å². The predicted octanol–water partition coefficient (Wildman–Crippen LogP) is 3.54. The summed E-state index contributed by atoms with van der Waals surface area (Å²) in [5, 5.41) is 9.10. The van der Waals surface area contributed by atoms with Crippen LogP contribution >= 0.6 is 23.2 Å². The van der Waals surface area contributed by atoms with Crippen molar-refractivity contribution in [3.8, 4) is 0 Å². The minimum Gasteiger partial charge on any atom is -0.313 e. The lowest BCUT2D eigenvalue weighted by molar-refractivity contribution is 0.590.